The topological polar surface area (TPSA) is 26.3 Å². The molecule has 0 aromatic heterocycles. The Morgan fingerprint density at radius 1 is 0.327 bits per heavy atom. The average Bonchev–Trinajstić information content (AvgIpc) is 3.11. The van der Waals surface area contributed by atoms with E-state index in [1.807, 2.05) is 0 Å². The van der Waals surface area contributed by atoms with E-state index in [1.54, 1.807) is 0 Å². The zero-order valence-corrected chi connectivity index (χ0v) is 34.2. The van der Waals surface area contributed by atoms with Crippen molar-refractivity contribution >= 4 is 5.97 Å². The fraction of sp³-hybridized carbons (Fsp3) is 0.936. The number of ether oxygens (including phenoxy) is 1. The van der Waals surface area contributed by atoms with E-state index in [-0.39, 0.29) is 5.97 Å². The lowest BCUT2D eigenvalue weighted by atomic mass is 10.0. The molecule has 0 saturated carbocycles. The Kier molecular flexibility index (Phi) is 44.5. The molecule has 292 valence electrons. The summed E-state index contributed by atoms with van der Waals surface area (Å²) in [5, 5.41) is 0. The van der Waals surface area contributed by atoms with Crippen molar-refractivity contribution in [1.29, 1.82) is 0 Å². The first-order valence-corrected chi connectivity index (χ1v) is 23.1. The fourth-order valence-electron chi connectivity index (χ4n) is 7.19. The summed E-state index contributed by atoms with van der Waals surface area (Å²) < 4.78 is 5.48. The lowest BCUT2D eigenvalue weighted by Crippen LogP contribution is -2.05. The third-order valence-electron chi connectivity index (χ3n) is 10.7. The van der Waals surface area contributed by atoms with Gasteiger partial charge in [0.05, 0.1) is 6.61 Å². The van der Waals surface area contributed by atoms with Gasteiger partial charge in [-0.3, -0.25) is 4.79 Å². The Labute approximate surface area is 310 Å². The highest BCUT2D eigenvalue weighted by Crippen LogP contribution is 2.16. The zero-order valence-electron chi connectivity index (χ0n) is 34.2. The van der Waals surface area contributed by atoms with E-state index in [1.165, 1.54) is 244 Å². The minimum atomic E-state index is 0.0272. The summed E-state index contributed by atoms with van der Waals surface area (Å²) in [6.45, 7) is 5.21. The fourth-order valence-corrected chi connectivity index (χ4v) is 7.19. The first-order chi connectivity index (χ1) is 24.3. The van der Waals surface area contributed by atoms with Gasteiger partial charge < -0.3 is 4.74 Å². The number of allylic oxidation sites excluding steroid dienone is 2. The monoisotopic (exact) mass is 689 g/mol. The highest BCUT2D eigenvalue weighted by Gasteiger charge is 2.03. The Bertz CT molecular complexity index is 626. The molecule has 0 aliphatic rings. The largest absolute Gasteiger partial charge is 0.466 e. The van der Waals surface area contributed by atoms with Gasteiger partial charge in [-0.15, -0.1) is 0 Å². The predicted octanol–water partition coefficient (Wildman–Crippen LogP) is 17.1. The van der Waals surface area contributed by atoms with Crippen LogP contribution < -0.4 is 0 Å². The van der Waals surface area contributed by atoms with Crippen molar-refractivity contribution in [2.24, 2.45) is 0 Å². The molecule has 0 atom stereocenters. The summed E-state index contributed by atoms with van der Waals surface area (Å²) in [6, 6.07) is 0. The molecule has 0 heterocycles. The van der Waals surface area contributed by atoms with Gasteiger partial charge in [0.1, 0.15) is 0 Å². The summed E-state index contributed by atoms with van der Waals surface area (Å²) >= 11 is 0. The van der Waals surface area contributed by atoms with E-state index in [0.717, 1.165) is 12.8 Å². The molecule has 2 heteroatoms. The van der Waals surface area contributed by atoms with E-state index in [0.29, 0.717) is 13.0 Å². The summed E-state index contributed by atoms with van der Waals surface area (Å²) in [7, 11) is 0. The second-order valence-corrected chi connectivity index (χ2v) is 15.7. The van der Waals surface area contributed by atoms with Crippen LogP contribution in [-0.4, -0.2) is 12.6 Å². The van der Waals surface area contributed by atoms with Crippen molar-refractivity contribution < 1.29 is 9.53 Å². The van der Waals surface area contributed by atoms with Gasteiger partial charge in [0.2, 0.25) is 0 Å². The summed E-state index contributed by atoms with van der Waals surface area (Å²) in [5.41, 5.74) is 0. The van der Waals surface area contributed by atoms with E-state index < -0.39 is 0 Å². The van der Waals surface area contributed by atoms with Gasteiger partial charge in [-0.1, -0.05) is 244 Å². The Hall–Kier alpha value is -0.790. The van der Waals surface area contributed by atoms with Crippen molar-refractivity contribution in [3.8, 4) is 0 Å². The summed E-state index contributed by atoms with van der Waals surface area (Å²) in [4.78, 5) is 12.0. The van der Waals surface area contributed by atoms with Crippen LogP contribution in [-0.2, 0) is 9.53 Å². The number of hydrogen-bond donors (Lipinski definition) is 0. The zero-order chi connectivity index (χ0) is 35.4. The molecule has 0 aromatic carbocycles. The van der Waals surface area contributed by atoms with Crippen molar-refractivity contribution in [3.63, 3.8) is 0 Å². The smallest absolute Gasteiger partial charge is 0.305 e. The number of carbonyl (C=O) groups is 1. The maximum atomic E-state index is 12.0. The molecule has 0 spiro atoms. The third kappa shape index (κ3) is 45.2. The Morgan fingerprint density at radius 2 is 0.571 bits per heavy atom. The van der Waals surface area contributed by atoms with Gasteiger partial charge in [-0.2, -0.15) is 0 Å². The molecular weight excluding hydrogens is 597 g/mol. The van der Waals surface area contributed by atoms with Crippen molar-refractivity contribution in [2.45, 2.75) is 277 Å². The molecule has 0 fully saturated rings. The quantitative estimate of drug-likeness (QED) is 0.0362. The van der Waals surface area contributed by atoms with Crippen LogP contribution in [0, 0.1) is 0 Å². The highest BCUT2D eigenvalue weighted by molar-refractivity contribution is 5.69. The van der Waals surface area contributed by atoms with Crippen LogP contribution in [0.5, 0.6) is 0 Å². The molecule has 49 heavy (non-hydrogen) atoms. The Balaban J connectivity index is 3.16. The molecule has 0 saturated heterocycles. The molecule has 0 N–H and O–H groups in total. The van der Waals surface area contributed by atoms with Crippen LogP contribution >= 0.6 is 0 Å². The molecule has 0 amide bonds. The van der Waals surface area contributed by atoms with Crippen molar-refractivity contribution in [2.75, 3.05) is 6.61 Å². The molecule has 0 aromatic rings. The molecule has 0 unspecified atom stereocenters. The molecular formula is C47H92O2. The molecule has 0 radical (unpaired) electrons. The van der Waals surface area contributed by atoms with E-state index in [4.69, 9.17) is 4.74 Å². The number of carbonyl (C=O) groups excluding carboxylic acids is 1. The highest BCUT2D eigenvalue weighted by atomic mass is 16.5. The minimum absolute atomic E-state index is 0.0272. The standard InChI is InChI=1S/C47H92O2/c1-3-5-7-9-11-13-15-17-19-21-22-23-24-25-26-27-28-30-32-34-36-38-40-42-44-46-49-47(48)45-43-41-39-37-35-33-31-29-20-18-16-14-12-10-8-6-4-2/h14,16H,3-13,15,17-46H2,1-2H3. The maximum absolute atomic E-state index is 12.0. The summed E-state index contributed by atoms with van der Waals surface area (Å²) in [6.07, 6.45) is 60.4. The SMILES string of the molecule is CCCCCCC=CCCCCCCCCCCCC(=O)OCCCCCCCCCCCCCCCCCCCCCCCCCCC. The van der Waals surface area contributed by atoms with Gasteiger partial charge in [-0.25, -0.2) is 0 Å². The van der Waals surface area contributed by atoms with Crippen LogP contribution in [0.25, 0.3) is 0 Å². The lowest BCUT2D eigenvalue weighted by molar-refractivity contribution is -0.143. The van der Waals surface area contributed by atoms with Gasteiger partial charge >= 0.3 is 5.97 Å². The van der Waals surface area contributed by atoms with Crippen molar-refractivity contribution in [3.05, 3.63) is 12.2 Å². The molecule has 2 nitrogen and oxygen atoms in total. The first kappa shape index (κ1) is 48.2. The summed E-state index contributed by atoms with van der Waals surface area (Å²) in [5.74, 6) is 0.0272. The van der Waals surface area contributed by atoms with Gasteiger partial charge in [0.15, 0.2) is 0 Å². The van der Waals surface area contributed by atoms with E-state index in [9.17, 15) is 4.79 Å². The van der Waals surface area contributed by atoms with Crippen molar-refractivity contribution in [1.82, 2.24) is 0 Å². The van der Waals surface area contributed by atoms with E-state index >= 15 is 0 Å². The minimum Gasteiger partial charge on any atom is -0.466 e. The van der Waals surface area contributed by atoms with Gasteiger partial charge in [0.25, 0.3) is 0 Å². The second kappa shape index (κ2) is 45.2. The number of hydrogen-bond acceptors (Lipinski definition) is 2. The molecule has 0 bridgehead atoms. The predicted molar refractivity (Wildman–Crippen MR) is 221 cm³/mol. The maximum Gasteiger partial charge on any atom is 0.305 e. The number of esters is 1. The number of rotatable bonds is 43. The normalized spacial score (nSPS) is 11.6. The third-order valence-corrected chi connectivity index (χ3v) is 10.7. The van der Waals surface area contributed by atoms with Crippen LogP contribution in [0.4, 0.5) is 0 Å². The molecule has 0 rings (SSSR count). The average molecular weight is 689 g/mol. The number of unbranched alkanes of at least 4 members (excludes halogenated alkanes) is 37. The van der Waals surface area contributed by atoms with Crippen LogP contribution in [0.15, 0.2) is 12.2 Å². The first-order valence-electron chi connectivity index (χ1n) is 23.1. The van der Waals surface area contributed by atoms with Crippen LogP contribution in [0.3, 0.4) is 0 Å². The molecule has 0 aliphatic carbocycles. The van der Waals surface area contributed by atoms with E-state index in [2.05, 4.69) is 26.0 Å². The van der Waals surface area contributed by atoms with Gasteiger partial charge in [0, 0.05) is 6.42 Å². The Morgan fingerprint density at radius 3 is 0.898 bits per heavy atom. The van der Waals surface area contributed by atoms with Crippen LogP contribution in [0.1, 0.15) is 277 Å². The van der Waals surface area contributed by atoms with Gasteiger partial charge in [-0.05, 0) is 38.5 Å². The lowest BCUT2D eigenvalue weighted by Gasteiger charge is -2.06. The molecule has 0 aliphatic heterocycles. The van der Waals surface area contributed by atoms with Crippen LogP contribution in [0.2, 0.25) is 0 Å². The second-order valence-electron chi connectivity index (χ2n) is 15.7.